The van der Waals surface area contributed by atoms with Gasteiger partial charge in [-0.05, 0) is 17.7 Å². The van der Waals surface area contributed by atoms with Crippen molar-refractivity contribution in [3.63, 3.8) is 0 Å². The Labute approximate surface area is 170 Å². The molecule has 0 saturated carbocycles. The lowest BCUT2D eigenvalue weighted by atomic mass is 10.1. The Morgan fingerprint density at radius 2 is 1.55 bits per heavy atom. The van der Waals surface area contributed by atoms with Crippen molar-refractivity contribution < 1.29 is 9.53 Å². The van der Waals surface area contributed by atoms with Crippen LogP contribution in [0.5, 0.6) is 5.75 Å². The fourth-order valence-electron chi connectivity index (χ4n) is 3.21. The van der Waals surface area contributed by atoms with E-state index in [1.807, 2.05) is 91.0 Å². The zero-order valence-electron chi connectivity index (χ0n) is 16.3. The Bertz CT molecular complexity index is 1110. The lowest BCUT2D eigenvalue weighted by Gasteiger charge is -2.18. The van der Waals surface area contributed by atoms with Crippen molar-refractivity contribution in [2.75, 3.05) is 13.7 Å². The molecule has 4 rings (SSSR count). The van der Waals surface area contributed by atoms with E-state index in [4.69, 9.17) is 9.72 Å². The van der Waals surface area contributed by atoms with Gasteiger partial charge in [0.25, 0.3) is 5.91 Å². The molecule has 144 valence electrons. The molecule has 1 amide bonds. The van der Waals surface area contributed by atoms with Gasteiger partial charge in [0.2, 0.25) is 0 Å². The SMILES string of the molecule is CN(Cc1ccccc1)C(=O)COc1cc(-c2ccccc2)nc2ccccc12. The van der Waals surface area contributed by atoms with Crippen LogP contribution in [0.4, 0.5) is 0 Å². The molecule has 0 aliphatic heterocycles. The molecule has 0 atom stereocenters. The van der Waals surface area contributed by atoms with Crippen LogP contribution in [-0.2, 0) is 11.3 Å². The first kappa shape index (κ1) is 18.7. The number of pyridine rings is 1. The summed E-state index contributed by atoms with van der Waals surface area (Å²) in [4.78, 5) is 19.0. The second-order valence-electron chi connectivity index (χ2n) is 6.91. The van der Waals surface area contributed by atoms with Crippen molar-refractivity contribution in [2.45, 2.75) is 6.54 Å². The summed E-state index contributed by atoms with van der Waals surface area (Å²) in [6.45, 7) is 0.529. The zero-order valence-corrected chi connectivity index (χ0v) is 16.3. The third-order valence-electron chi connectivity index (χ3n) is 4.79. The minimum Gasteiger partial charge on any atom is -0.483 e. The first-order valence-electron chi connectivity index (χ1n) is 9.56. The van der Waals surface area contributed by atoms with Gasteiger partial charge in [0.1, 0.15) is 5.75 Å². The molecule has 0 fully saturated rings. The Hall–Kier alpha value is -3.66. The van der Waals surface area contributed by atoms with Crippen molar-refractivity contribution in [3.8, 4) is 17.0 Å². The number of carbonyl (C=O) groups excluding carboxylic acids is 1. The zero-order chi connectivity index (χ0) is 20.1. The van der Waals surface area contributed by atoms with Gasteiger partial charge < -0.3 is 9.64 Å². The van der Waals surface area contributed by atoms with E-state index in [-0.39, 0.29) is 12.5 Å². The number of rotatable bonds is 6. The molecule has 0 aliphatic carbocycles. The second-order valence-corrected chi connectivity index (χ2v) is 6.91. The fourth-order valence-corrected chi connectivity index (χ4v) is 3.21. The molecule has 0 bridgehead atoms. The Morgan fingerprint density at radius 3 is 2.31 bits per heavy atom. The van der Waals surface area contributed by atoms with E-state index in [0.717, 1.165) is 27.7 Å². The van der Waals surface area contributed by atoms with Crippen molar-refractivity contribution in [1.82, 2.24) is 9.88 Å². The maximum Gasteiger partial charge on any atom is 0.260 e. The molecule has 29 heavy (non-hydrogen) atoms. The normalized spacial score (nSPS) is 10.7. The van der Waals surface area contributed by atoms with Crippen LogP contribution in [0, 0.1) is 0 Å². The minimum atomic E-state index is -0.0731. The molecule has 4 nitrogen and oxygen atoms in total. The van der Waals surface area contributed by atoms with Crippen molar-refractivity contribution in [3.05, 3.63) is 96.6 Å². The van der Waals surface area contributed by atoms with E-state index in [0.29, 0.717) is 12.3 Å². The summed E-state index contributed by atoms with van der Waals surface area (Å²) in [5.74, 6) is 0.590. The predicted octanol–water partition coefficient (Wildman–Crippen LogP) is 4.94. The molecule has 4 aromatic rings. The standard InChI is InChI=1S/C25H22N2O2/c1-27(17-19-10-4-2-5-11-19)25(28)18-29-24-16-23(20-12-6-3-7-13-20)26-22-15-9-8-14-21(22)24/h2-16H,17-18H2,1H3. The summed E-state index contributed by atoms with van der Waals surface area (Å²) in [7, 11) is 1.79. The summed E-state index contributed by atoms with van der Waals surface area (Å²) in [6, 6.07) is 29.6. The highest BCUT2D eigenvalue weighted by atomic mass is 16.5. The van der Waals surface area contributed by atoms with E-state index in [2.05, 4.69) is 0 Å². The number of hydrogen-bond acceptors (Lipinski definition) is 3. The predicted molar refractivity (Wildman–Crippen MR) is 116 cm³/mol. The minimum absolute atomic E-state index is 0.0223. The van der Waals surface area contributed by atoms with E-state index in [1.54, 1.807) is 11.9 Å². The molecule has 0 radical (unpaired) electrons. The van der Waals surface area contributed by atoms with Crippen LogP contribution in [-0.4, -0.2) is 29.4 Å². The lowest BCUT2D eigenvalue weighted by molar-refractivity contribution is -0.132. The van der Waals surface area contributed by atoms with Crippen LogP contribution >= 0.6 is 0 Å². The number of amides is 1. The fraction of sp³-hybridized carbons (Fsp3) is 0.120. The quantitative estimate of drug-likeness (QED) is 0.474. The van der Waals surface area contributed by atoms with Crippen molar-refractivity contribution >= 4 is 16.8 Å². The molecule has 1 heterocycles. The van der Waals surface area contributed by atoms with Crippen LogP contribution in [0.15, 0.2) is 91.0 Å². The van der Waals surface area contributed by atoms with Crippen LogP contribution in [0.2, 0.25) is 0 Å². The Kier molecular flexibility index (Phi) is 5.52. The summed E-state index contributed by atoms with van der Waals surface area (Å²) in [6.07, 6.45) is 0. The number of nitrogens with zero attached hydrogens (tertiary/aromatic N) is 2. The van der Waals surface area contributed by atoms with E-state index >= 15 is 0 Å². The van der Waals surface area contributed by atoms with Crippen LogP contribution in [0.25, 0.3) is 22.2 Å². The maximum atomic E-state index is 12.6. The monoisotopic (exact) mass is 382 g/mol. The maximum absolute atomic E-state index is 12.6. The molecule has 0 unspecified atom stereocenters. The van der Waals surface area contributed by atoms with Gasteiger partial charge in [-0.15, -0.1) is 0 Å². The number of hydrogen-bond donors (Lipinski definition) is 0. The van der Waals surface area contributed by atoms with Gasteiger partial charge in [-0.3, -0.25) is 4.79 Å². The highest BCUT2D eigenvalue weighted by molar-refractivity contribution is 5.88. The number of benzene rings is 3. The number of likely N-dealkylation sites (N-methyl/N-ethyl adjacent to an activating group) is 1. The second kappa shape index (κ2) is 8.57. The van der Waals surface area contributed by atoms with Gasteiger partial charge in [-0.25, -0.2) is 4.98 Å². The smallest absolute Gasteiger partial charge is 0.260 e. The van der Waals surface area contributed by atoms with E-state index in [1.165, 1.54) is 0 Å². The highest BCUT2D eigenvalue weighted by Gasteiger charge is 2.13. The largest absolute Gasteiger partial charge is 0.483 e. The van der Waals surface area contributed by atoms with Crippen LogP contribution in [0.1, 0.15) is 5.56 Å². The van der Waals surface area contributed by atoms with Crippen LogP contribution < -0.4 is 4.74 Å². The van der Waals surface area contributed by atoms with Crippen molar-refractivity contribution in [2.24, 2.45) is 0 Å². The Morgan fingerprint density at radius 1 is 0.897 bits per heavy atom. The molecule has 3 aromatic carbocycles. The van der Waals surface area contributed by atoms with E-state index < -0.39 is 0 Å². The van der Waals surface area contributed by atoms with E-state index in [9.17, 15) is 4.79 Å². The topological polar surface area (TPSA) is 42.4 Å². The first-order valence-corrected chi connectivity index (χ1v) is 9.56. The number of ether oxygens (including phenoxy) is 1. The molecule has 0 aliphatic rings. The average Bonchev–Trinajstić information content (AvgIpc) is 2.78. The number of carbonyl (C=O) groups is 1. The van der Waals surface area contributed by atoms with Gasteiger partial charge in [0, 0.05) is 30.6 Å². The summed E-state index contributed by atoms with van der Waals surface area (Å²) in [5.41, 5.74) is 3.76. The highest BCUT2D eigenvalue weighted by Crippen LogP contribution is 2.30. The molecule has 1 aromatic heterocycles. The van der Waals surface area contributed by atoms with Gasteiger partial charge in [-0.1, -0.05) is 72.8 Å². The van der Waals surface area contributed by atoms with Gasteiger partial charge >= 0.3 is 0 Å². The number of fused-ring (bicyclic) bond motifs is 1. The van der Waals surface area contributed by atoms with Gasteiger partial charge in [0.05, 0.1) is 11.2 Å². The molecule has 4 heteroatoms. The summed E-state index contributed by atoms with van der Waals surface area (Å²) >= 11 is 0. The third kappa shape index (κ3) is 4.43. The molecule has 0 saturated heterocycles. The Balaban J connectivity index is 1.54. The summed E-state index contributed by atoms with van der Waals surface area (Å²) < 4.78 is 5.97. The average molecular weight is 382 g/mol. The number of para-hydroxylation sites is 1. The van der Waals surface area contributed by atoms with Crippen LogP contribution in [0.3, 0.4) is 0 Å². The number of aromatic nitrogens is 1. The van der Waals surface area contributed by atoms with Crippen molar-refractivity contribution in [1.29, 1.82) is 0 Å². The molecule has 0 N–H and O–H groups in total. The van der Waals surface area contributed by atoms with Gasteiger partial charge in [-0.2, -0.15) is 0 Å². The molecule has 0 spiro atoms. The molecular formula is C25H22N2O2. The third-order valence-corrected chi connectivity index (χ3v) is 4.79. The lowest BCUT2D eigenvalue weighted by Crippen LogP contribution is -2.31. The first-order chi connectivity index (χ1) is 14.2. The summed E-state index contributed by atoms with van der Waals surface area (Å²) in [5, 5.41) is 0.894. The molecular weight excluding hydrogens is 360 g/mol. The van der Waals surface area contributed by atoms with Gasteiger partial charge in [0.15, 0.2) is 6.61 Å².